The van der Waals surface area contributed by atoms with E-state index in [1.165, 1.54) is 12.1 Å². The van der Waals surface area contributed by atoms with Gasteiger partial charge < -0.3 is 15.0 Å². The van der Waals surface area contributed by atoms with Gasteiger partial charge in [-0.15, -0.1) is 0 Å². The Morgan fingerprint density at radius 2 is 2.05 bits per heavy atom. The van der Waals surface area contributed by atoms with E-state index in [1.54, 1.807) is 7.11 Å². The van der Waals surface area contributed by atoms with E-state index in [4.69, 9.17) is 4.74 Å². The number of anilines is 1. The van der Waals surface area contributed by atoms with E-state index in [0.29, 0.717) is 19.7 Å². The Morgan fingerprint density at radius 3 is 2.68 bits per heavy atom. The molecule has 0 aliphatic carbocycles. The van der Waals surface area contributed by atoms with E-state index >= 15 is 0 Å². The van der Waals surface area contributed by atoms with Crippen molar-refractivity contribution in [3.8, 4) is 0 Å². The van der Waals surface area contributed by atoms with Crippen molar-refractivity contribution in [2.45, 2.75) is 6.18 Å². The van der Waals surface area contributed by atoms with Gasteiger partial charge in [-0.2, -0.15) is 13.2 Å². The van der Waals surface area contributed by atoms with Gasteiger partial charge in [-0.05, 0) is 19.2 Å². The molecule has 1 heterocycles. The maximum absolute atomic E-state index is 12.4. The molecule has 0 saturated carbocycles. The molecule has 0 radical (unpaired) electrons. The van der Waals surface area contributed by atoms with Crippen LogP contribution in [0.4, 0.5) is 19.0 Å². The van der Waals surface area contributed by atoms with Gasteiger partial charge in [-0.3, -0.25) is 0 Å². The van der Waals surface area contributed by atoms with Crippen molar-refractivity contribution in [2.24, 2.45) is 0 Å². The average molecular weight is 277 g/mol. The minimum absolute atomic E-state index is 0.231. The summed E-state index contributed by atoms with van der Waals surface area (Å²) in [6.45, 7) is 2.61. The molecular formula is C12H18F3N3O. The quantitative estimate of drug-likeness (QED) is 0.828. The van der Waals surface area contributed by atoms with Gasteiger partial charge in [-0.25, -0.2) is 4.98 Å². The Morgan fingerprint density at radius 1 is 1.32 bits per heavy atom. The molecule has 108 valence electrons. The van der Waals surface area contributed by atoms with Crippen LogP contribution >= 0.6 is 0 Å². The van der Waals surface area contributed by atoms with Crippen LogP contribution in [-0.2, 0) is 10.9 Å². The largest absolute Gasteiger partial charge is 0.433 e. The van der Waals surface area contributed by atoms with E-state index in [9.17, 15) is 13.2 Å². The Bertz CT molecular complexity index is 385. The molecule has 4 nitrogen and oxygen atoms in total. The highest BCUT2D eigenvalue weighted by Crippen LogP contribution is 2.27. The predicted octanol–water partition coefficient (Wildman–Crippen LogP) is 2.09. The lowest BCUT2D eigenvalue weighted by Crippen LogP contribution is -2.28. The lowest BCUT2D eigenvalue weighted by molar-refractivity contribution is -0.141. The Labute approximate surface area is 110 Å². The molecule has 0 aromatic carbocycles. The fourth-order valence-electron chi connectivity index (χ4n) is 1.42. The molecule has 1 aromatic heterocycles. The topological polar surface area (TPSA) is 37.4 Å². The molecule has 19 heavy (non-hydrogen) atoms. The summed E-state index contributed by atoms with van der Waals surface area (Å²) in [6, 6.07) is 3.81. The molecular weight excluding hydrogens is 259 g/mol. The number of hydrogen-bond acceptors (Lipinski definition) is 4. The first-order valence-electron chi connectivity index (χ1n) is 5.89. The molecule has 0 atom stereocenters. The molecule has 0 unspecified atom stereocenters. The molecule has 0 aliphatic heterocycles. The molecule has 0 saturated heterocycles. The van der Waals surface area contributed by atoms with Crippen LogP contribution in [0.3, 0.4) is 0 Å². The van der Waals surface area contributed by atoms with Crippen LogP contribution in [0.1, 0.15) is 5.69 Å². The number of likely N-dealkylation sites (N-methyl/N-ethyl adjacent to an activating group) is 1. The molecule has 1 N–H and O–H groups in total. The molecule has 0 bridgehead atoms. The average Bonchev–Trinajstić information content (AvgIpc) is 2.36. The maximum Gasteiger partial charge on any atom is 0.433 e. The second-order valence-corrected chi connectivity index (χ2v) is 4.13. The number of methoxy groups -OCH3 is 1. The van der Waals surface area contributed by atoms with Crippen molar-refractivity contribution in [1.29, 1.82) is 0 Å². The molecule has 0 fully saturated rings. The highest BCUT2D eigenvalue weighted by atomic mass is 19.4. The fraction of sp³-hybridized carbons (Fsp3) is 0.583. The van der Waals surface area contributed by atoms with Crippen molar-refractivity contribution in [3.05, 3.63) is 23.9 Å². The number of nitrogens with one attached hydrogen (secondary N) is 1. The third-order valence-electron chi connectivity index (χ3n) is 2.52. The number of halogens is 3. The summed E-state index contributed by atoms with van der Waals surface area (Å²) >= 11 is 0. The van der Waals surface area contributed by atoms with Gasteiger partial charge in [0.2, 0.25) is 0 Å². The van der Waals surface area contributed by atoms with Crippen molar-refractivity contribution in [1.82, 2.24) is 9.88 Å². The second-order valence-electron chi connectivity index (χ2n) is 4.13. The summed E-state index contributed by atoms with van der Waals surface area (Å²) in [4.78, 5) is 5.54. The van der Waals surface area contributed by atoms with Crippen LogP contribution in [-0.4, -0.2) is 50.3 Å². The second kappa shape index (κ2) is 7.30. The Kier molecular flexibility index (Phi) is 6.04. The van der Waals surface area contributed by atoms with E-state index < -0.39 is 11.9 Å². The van der Waals surface area contributed by atoms with Gasteiger partial charge >= 0.3 is 6.18 Å². The van der Waals surface area contributed by atoms with Crippen LogP contribution in [0, 0.1) is 0 Å². The molecule has 1 rings (SSSR count). The highest BCUT2D eigenvalue weighted by Gasteiger charge is 2.32. The summed E-state index contributed by atoms with van der Waals surface area (Å²) in [5.41, 5.74) is -0.884. The molecule has 0 aliphatic rings. The maximum atomic E-state index is 12.4. The third kappa shape index (κ3) is 5.89. The van der Waals surface area contributed by atoms with E-state index in [0.717, 1.165) is 12.6 Å². The predicted molar refractivity (Wildman–Crippen MR) is 67.1 cm³/mol. The smallest absolute Gasteiger partial charge is 0.383 e. The first kappa shape index (κ1) is 15.7. The van der Waals surface area contributed by atoms with Crippen molar-refractivity contribution < 1.29 is 17.9 Å². The molecule has 0 amide bonds. The number of ether oxygens (including phenoxy) is 1. The minimum atomic E-state index is -4.41. The van der Waals surface area contributed by atoms with Crippen molar-refractivity contribution in [2.75, 3.05) is 45.7 Å². The number of alkyl halides is 3. The summed E-state index contributed by atoms with van der Waals surface area (Å²) in [5.74, 6) is 0.231. The molecule has 0 spiro atoms. The third-order valence-corrected chi connectivity index (χ3v) is 2.52. The number of nitrogens with zero attached hydrogens (tertiary/aromatic N) is 2. The van der Waals surface area contributed by atoms with Crippen molar-refractivity contribution in [3.63, 3.8) is 0 Å². The highest BCUT2D eigenvalue weighted by molar-refractivity contribution is 5.35. The number of hydrogen-bond donors (Lipinski definition) is 1. The molecule has 7 heteroatoms. The van der Waals surface area contributed by atoms with Crippen LogP contribution in [0.5, 0.6) is 0 Å². The SMILES string of the molecule is COCCN(C)CCNc1cccc(C(F)(F)F)n1. The normalized spacial score (nSPS) is 11.9. The zero-order valence-corrected chi connectivity index (χ0v) is 11.0. The van der Waals surface area contributed by atoms with Crippen LogP contribution in [0.2, 0.25) is 0 Å². The van der Waals surface area contributed by atoms with Crippen molar-refractivity contribution >= 4 is 5.82 Å². The van der Waals surface area contributed by atoms with Crippen LogP contribution in [0.15, 0.2) is 18.2 Å². The van der Waals surface area contributed by atoms with E-state index in [-0.39, 0.29) is 5.82 Å². The monoisotopic (exact) mass is 277 g/mol. The van der Waals surface area contributed by atoms with E-state index in [2.05, 4.69) is 10.3 Å². The van der Waals surface area contributed by atoms with Gasteiger partial charge in [0.25, 0.3) is 0 Å². The van der Waals surface area contributed by atoms with Crippen LogP contribution in [0.25, 0.3) is 0 Å². The van der Waals surface area contributed by atoms with Gasteiger partial charge in [0.1, 0.15) is 11.5 Å². The van der Waals surface area contributed by atoms with Gasteiger partial charge in [-0.1, -0.05) is 6.07 Å². The molecule has 1 aromatic rings. The van der Waals surface area contributed by atoms with E-state index in [1.807, 2.05) is 11.9 Å². The lowest BCUT2D eigenvalue weighted by atomic mass is 10.3. The summed E-state index contributed by atoms with van der Waals surface area (Å²) in [5, 5.41) is 2.87. The Hall–Kier alpha value is -1.34. The lowest BCUT2D eigenvalue weighted by Gasteiger charge is -2.16. The summed E-state index contributed by atoms with van der Waals surface area (Å²) in [6.07, 6.45) is -4.41. The number of pyridine rings is 1. The number of aromatic nitrogens is 1. The van der Waals surface area contributed by atoms with Gasteiger partial charge in [0.05, 0.1) is 6.61 Å². The minimum Gasteiger partial charge on any atom is -0.383 e. The first-order valence-corrected chi connectivity index (χ1v) is 5.89. The standard InChI is InChI=1S/C12H18F3N3O/c1-18(8-9-19-2)7-6-16-11-5-3-4-10(17-11)12(13,14)15/h3-5H,6-9H2,1-2H3,(H,16,17). The van der Waals surface area contributed by atoms with Gasteiger partial charge in [0.15, 0.2) is 0 Å². The fourth-order valence-corrected chi connectivity index (χ4v) is 1.42. The summed E-state index contributed by atoms with van der Waals surface area (Å²) in [7, 11) is 3.54. The summed E-state index contributed by atoms with van der Waals surface area (Å²) < 4.78 is 42.3. The van der Waals surface area contributed by atoms with Crippen LogP contribution < -0.4 is 5.32 Å². The zero-order valence-electron chi connectivity index (χ0n) is 11.0. The zero-order chi connectivity index (χ0) is 14.3. The Balaban J connectivity index is 2.41. The first-order chi connectivity index (χ1) is 8.93. The van der Waals surface area contributed by atoms with Gasteiger partial charge in [0, 0.05) is 26.7 Å². The number of rotatable bonds is 7.